The van der Waals surface area contributed by atoms with Crippen molar-refractivity contribution >= 4 is 11.6 Å². The molecular formula is C13H18FN5O. The van der Waals surface area contributed by atoms with Crippen molar-refractivity contribution in [3.8, 4) is 0 Å². The number of nitrogens with one attached hydrogen (secondary N) is 1. The first kappa shape index (κ1) is 13.3. The molecule has 1 aliphatic rings. The molecule has 1 saturated heterocycles. The van der Waals surface area contributed by atoms with Crippen LogP contribution in [-0.4, -0.2) is 52.0 Å². The highest BCUT2D eigenvalue weighted by Crippen LogP contribution is 2.14. The van der Waals surface area contributed by atoms with Gasteiger partial charge in [0.2, 0.25) is 5.95 Å². The number of aromatic nitrogens is 3. The monoisotopic (exact) mass is 279 g/mol. The summed E-state index contributed by atoms with van der Waals surface area (Å²) < 4.78 is 14.6. The molecule has 20 heavy (non-hydrogen) atoms. The Morgan fingerprint density at radius 3 is 3.15 bits per heavy atom. The van der Waals surface area contributed by atoms with Crippen LogP contribution in [-0.2, 0) is 0 Å². The summed E-state index contributed by atoms with van der Waals surface area (Å²) >= 11 is 0. The van der Waals surface area contributed by atoms with E-state index in [1.165, 1.54) is 23.2 Å². The number of fused-ring (bicyclic) bond motifs is 1. The second-order valence-corrected chi connectivity index (χ2v) is 5.02. The van der Waals surface area contributed by atoms with Gasteiger partial charge in [0.15, 0.2) is 5.65 Å². The fourth-order valence-corrected chi connectivity index (χ4v) is 2.55. The summed E-state index contributed by atoms with van der Waals surface area (Å²) in [5, 5.41) is 16.9. The average Bonchev–Trinajstić information content (AvgIpc) is 3.06. The van der Waals surface area contributed by atoms with Crippen LogP contribution in [0.3, 0.4) is 0 Å². The molecule has 0 radical (unpaired) electrons. The van der Waals surface area contributed by atoms with Gasteiger partial charge < -0.3 is 15.3 Å². The molecule has 1 atom stereocenters. The van der Waals surface area contributed by atoms with Crippen LogP contribution in [0, 0.1) is 5.82 Å². The van der Waals surface area contributed by atoms with Crippen LogP contribution >= 0.6 is 0 Å². The first-order chi connectivity index (χ1) is 9.76. The van der Waals surface area contributed by atoms with Crippen molar-refractivity contribution in [1.82, 2.24) is 19.9 Å². The molecule has 3 heterocycles. The number of anilines is 1. The zero-order chi connectivity index (χ0) is 13.9. The summed E-state index contributed by atoms with van der Waals surface area (Å²) in [7, 11) is 0. The SMILES string of the molecule is OCCN(CC1CCCN1)c1nc2ccc(F)cn2n1. The number of hydrogen-bond acceptors (Lipinski definition) is 5. The molecule has 1 fully saturated rings. The number of rotatable bonds is 5. The highest BCUT2D eigenvalue weighted by Gasteiger charge is 2.20. The van der Waals surface area contributed by atoms with E-state index in [-0.39, 0.29) is 12.4 Å². The fraction of sp³-hybridized carbons (Fsp3) is 0.538. The molecule has 0 amide bonds. The molecule has 0 spiro atoms. The minimum absolute atomic E-state index is 0.0383. The lowest BCUT2D eigenvalue weighted by Crippen LogP contribution is -2.39. The topological polar surface area (TPSA) is 65.7 Å². The third-order valence-electron chi connectivity index (χ3n) is 3.54. The van der Waals surface area contributed by atoms with Crippen LogP contribution in [0.25, 0.3) is 5.65 Å². The zero-order valence-electron chi connectivity index (χ0n) is 11.2. The number of aliphatic hydroxyl groups is 1. The van der Waals surface area contributed by atoms with Gasteiger partial charge in [-0.05, 0) is 31.5 Å². The van der Waals surface area contributed by atoms with Crippen LogP contribution in [0.1, 0.15) is 12.8 Å². The Labute approximate surface area is 116 Å². The van der Waals surface area contributed by atoms with Crippen LogP contribution in [0.5, 0.6) is 0 Å². The predicted octanol–water partition coefficient (Wildman–Crippen LogP) is 0.419. The maximum atomic E-state index is 13.2. The molecule has 0 aromatic carbocycles. The van der Waals surface area contributed by atoms with Gasteiger partial charge in [-0.3, -0.25) is 0 Å². The summed E-state index contributed by atoms with van der Waals surface area (Å²) in [6.45, 7) is 2.29. The van der Waals surface area contributed by atoms with Gasteiger partial charge in [-0.25, -0.2) is 8.91 Å². The van der Waals surface area contributed by atoms with Gasteiger partial charge in [-0.2, -0.15) is 4.98 Å². The van der Waals surface area contributed by atoms with Gasteiger partial charge in [-0.15, -0.1) is 5.10 Å². The maximum Gasteiger partial charge on any atom is 0.245 e. The standard InChI is InChI=1S/C13H18FN5O/c14-10-3-4-12-16-13(17-19(12)8-10)18(6-7-20)9-11-2-1-5-15-11/h3-4,8,11,15,20H,1-2,5-7,9H2. The van der Waals surface area contributed by atoms with Gasteiger partial charge in [0.1, 0.15) is 5.82 Å². The van der Waals surface area contributed by atoms with Gasteiger partial charge >= 0.3 is 0 Å². The van der Waals surface area contributed by atoms with E-state index < -0.39 is 0 Å². The Morgan fingerprint density at radius 1 is 1.50 bits per heavy atom. The van der Waals surface area contributed by atoms with Crippen LogP contribution < -0.4 is 10.2 Å². The predicted molar refractivity (Wildman–Crippen MR) is 73.3 cm³/mol. The second-order valence-electron chi connectivity index (χ2n) is 5.02. The van der Waals surface area contributed by atoms with Crippen molar-refractivity contribution in [3.63, 3.8) is 0 Å². The minimum atomic E-state index is -0.347. The van der Waals surface area contributed by atoms with Crippen LogP contribution in [0.2, 0.25) is 0 Å². The molecular weight excluding hydrogens is 261 g/mol. The molecule has 2 aromatic heterocycles. The number of halogens is 1. The largest absolute Gasteiger partial charge is 0.395 e. The third-order valence-corrected chi connectivity index (χ3v) is 3.54. The molecule has 108 valence electrons. The quantitative estimate of drug-likeness (QED) is 0.830. The normalized spacial score (nSPS) is 18.8. The molecule has 3 rings (SSSR count). The number of pyridine rings is 1. The Balaban J connectivity index is 1.83. The maximum absolute atomic E-state index is 13.2. The van der Waals surface area contributed by atoms with E-state index in [1.54, 1.807) is 6.07 Å². The molecule has 0 aliphatic carbocycles. The number of aliphatic hydroxyl groups excluding tert-OH is 1. The van der Waals surface area contributed by atoms with Crippen molar-refractivity contribution in [2.45, 2.75) is 18.9 Å². The van der Waals surface area contributed by atoms with Crippen LogP contribution in [0.15, 0.2) is 18.3 Å². The van der Waals surface area contributed by atoms with Gasteiger partial charge in [0.05, 0.1) is 12.8 Å². The van der Waals surface area contributed by atoms with Crippen molar-refractivity contribution in [1.29, 1.82) is 0 Å². The highest BCUT2D eigenvalue weighted by molar-refractivity contribution is 5.44. The molecule has 6 nitrogen and oxygen atoms in total. The smallest absolute Gasteiger partial charge is 0.245 e. The minimum Gasteiger partial charge on any atom is -0.395 e. The number of hydrogen-bond donors (Lipinski definition) is 2. The zero-order valence-corrected chi connectivity index (χ0v) is 11.2. The first-order valence-corrected chi connectivity index (χ1v) is 6.87. The van der Waals surface area contributed by atoms with Crippen molar-refractivity contribution in [3.05, 3.63) is 24.1 Å². The first-order valence-electron chi connectivity index (χ1n) is 6.87. The van der Waals surface area contributed by atoms with E-state index in [0.717, 1.165) is 19.5 Å². The Morgan fingerprint density at radius 2 is 2.40 bits per heavy atom. The highest BCUT2D eigenvalue weighted by atomic mass is 19.1. The third kappa shape index (κ3) is 2.73. The Hall–Kier alpha value is -1.73. The van der Waals surface area contributed by atoms with E-state index in [4.69, 9.17) is 0 Å². The van der Waals surface area contributed by atoms with Crippen molar-refractivity contribution in [2.24, 2.45) is 0 Å². The van der Waals surface area contributed by atoms with E-state index in [1.807, 2.05) is 4.90 Å². The molecule has 1 aliphatic heterocycles. The lowest BCUT2D eigenvalue weighted by Gasteiger charge is -2.23. The summed E-state index contributed by atoms with van der Waals surface area (Å²) in [6.07, 6.45) is 3.59. The molecule has 7 heteroatoms. The lowest BCUT2D eigenvalue weighted by atomic mass is 10.2. The Bertz CT molecular complexity index is 581. The van der Waals surface area contributed by atoms with E-state index in [2.05, 4.69) is 15.4 Å². The Kier molecular flexibility index (Phi) is 3.79. The summed E-state index contributed by atoms with van der Waals surface area (Å²) in [4.78, 5) is 6.33. The second kappa shape index (κ2) is 5.72. The molecule has 0 bridgehead atoms. The molecule has 2 N–H and O–H groups in total. The molecule has 2 aromatic rings. The molecule has 1 unspecified atom stereocenters. The van der Waals surface area contributed by atoms with Gasteiger partial charge in [0.25, 0.3) is 0 Å². The lowest BCUT2D eigenvalue weighted by molar-refractivity contribution is 0.299. The summed E-state index contributed by atoms with van der Waals surface area (Å²) in [5.41, 5.74) is 0.601. The molecule has 0 saturated carbocycles. The van der Waals surface area contributed by atoms with Crippen LogP contribution in [0.4, 0.5) is 10.3 Å². The van der Waals surface area contributed by atoms with Gasteiger partial charge in [-0.1, -0.05) is 0 Å². The van der Waals surface area contributed by atoms with E-state index in [9.17, 15) is 9.50 Å². The number of nitrogens with zero attached hydrogens (tertiary/aromatic N) is 4. The van der Waals surface area contributed by atoms with E-state index >= 15 is 0 Å². The van der Waals surface area contributed by atoms with Gasteiger partial charge in [0, 0.05) is 19.1 Å². The fourth-order valence-electron chi connectivity index (χ4n) is 2.55. The van der Waals surface area contributed by atoms with Crippen molar-refractivity contribution in [2.75, 3.05) is 31.1 Å². The average molecular weight is 279 g/mol. The van der Waals surface area contributed by atoms with E-state index in [0.29, 0.717) is 24.2 Å². The van der Waals surface area contributed by atoms with Crippen molar-refractivity contribution < 1.29 is 9.50 Å². The summed E-state index contributed by atoms with van der Waals surface area (Å²) in [6, 6.07) is 3.35. The summed E-state index contributed by atoms with van der Waals surface area (Å²) in [5.74, 6) is 0.179.